The highest BCUT2D eigenvalue weighted by Gasteiger charge is 2.36. The molecule has 28 heavy (non-hydrogen) atoms. The first kappa shape index (κ1) is 20.4. The summed E-state index contributed by atoms with van der Waals surface area (Å²) in [6.45, 7) is 0.805. The van der Waals surface area contributed by atoms with Crippen molar-refractivity contribution in [3.8, 4) is 0 Å². The number of anilines is 1. The van der Waals surface area contributed by atoms with Gasteiger partial charge in [0.05, 0.1) is 10.1 Å². The Morgan fingerprint density at radius 3 is 2.64 bits per heavy atom. The van der Waals surface area contributed by atoms with Crippen LogP contribution in [0, 0.1) is 0 Å². The van der Waals surface area contributed by atoms with Crippen LogP contribution in [0.5, 0.6) is 0 Å². The maximum atomic E-state index is 12.6. The molecular weight excluding hydrogens is 402 g/mol. The fourth-order valence-corrected chi connectivity index (χ4v) is 4.60. The Labute approximate surface area is 167 Å². The average molecular weight is 424 g/mol. The molecule has 0 atom stereocenters. The lowest BCUT2D eigenvalue weighted by molar-refractivity contribution is -0.110. The zero-order valence-corrected chi connectivity index (χ0v) is 17.0. The van der Waals surface area contributed by atoms with Crippen molar-refractivity contribution in [2.75, 3.05) is 25.6 Å². The van der Waals surface area contributed by atoms with Gasteiger partial charge in [0, 0.05) is 37.3 Å². The Kier molecular flexibility index (Phi) is 6.76. The molecule has 8 nitrogen and oxygen atoms in total. The molecule has 0 unspecified atom stereocenters. The Hall–Kier alpha value is -2.30. The zero-order valence-electron chi connectivity index (χ0n) is 15.3. The number of carbonyl (C=O) groups excluding carboxylic acids is 1. The van der Waals surface area contributed by atoms with E-state index in [4.69, 9.17) is 9.57 Å². The highest BCUT2D eigenvalue weighted by atomic mass is 32.2. The molecule has 0 aliphatic heterocycles. The summed E-state index contributed by atoms with van der Waals surface area (Å²) in [5.41, 5.74) is 0.499. The number of carbonyl (C=O) groups is 1. The first-order valence-electron chi connectivity index (χ1n) is 8.76. The van der Waals surface area contributed by atoms with Crippen molar-refractivity contribution in [3.05, 3.63) is 41.4 Å². The van der Waals surface area contributed by atoms with Crippen LogP contribution in [0.15, 0.2) is 45.9 Å². The SMILES string of the molecule is COCCCON=C(C(=O)Nc1nccs1)c1ccc(S(=O)(=O)C2CC2)cc1. The van der Waals surface area contributed by atoms with Crippen LogP contribution in [-0.4, -0.2) is 50.6 Å². The number of methoxy groups -OCH3 is 1. The van der Waals surface area contributed by atoms with Crippen molar-refractivity contribution in [2.24, 2.45) is 5.16 Å². The summed E-state index contributed by atoms with van der Waals surface area (Å²) >= 11 is 1.28. The number of nitrogens with zero attached hydrogens (tertiary/aromatic N) is 2. The molecule has 0 saturated heterocycles. The third kappa shape index (κ3) is 5.15. The maximum absolute atomic E-state index is 12.6. The average Bonchev–Trinajstić information content (AvgIpc) is 3.44. The van der Waals surface area contributed by atoms with E-state index in [2.05, 4.69) is 15.5 Å². The van der Waals surface area contributed by atoms with Gasteiger partial charge >= 0.3 is 0 Å². The number of aromatic nitrogens is 1. The molecule has 1 amide bonds. The van der Waals surface area contributed by atoms with Gasteiger partial charge in [0.1, 0.15) is 6.61 Å². The molecule has 1 N–H and O–H groups in total. The molecule has 150 valence electrons. The van der Waals surface area contributed by atoms with Crippen molar-refractivity contribution >= 4 is 37.9 Å². The third-order valence-corrected chi connectivity index (χ3v) is 6.99. The van der Waals surface area contributed by atoms with Crippen molar-refractivity contribution in [3.63, 3.8) is 0 Å². The van der Waals surface area contributed by atoms with Crippen LogP contribution in [-0.2, 0) is 24.2 Å². The fraction of sp³-hybridized carbons (Fsp3) is 0.389. The topological polar surface area (TPSA) is 107 Å². The quantitative estimate of drug-likeness (QED) is 0.357. The number of hydrogen-bond acceptors (Lipinski definition) is 8. The van der Waals surface area contributed by atoms with Gasteiger partial charge in [0.15, 0.2) is 20.7 Å². The van der Waals surface area contributed by atoms with Crippen LogP contribution in [0.1, 0.15) is 24.8 Å². The minimum Gasteiger partial charge on any atom is -0.395 e. The van der Waals surface area contributed by atoms with Gasteiger partial charge in [-0.05, 0) is 25.0 Å². The Morgan fingerprint density at radius 2 is 2.04 bits per heavy atom. The van der Waals surface area contributed by atoms with Gasteiger partial charge in [-0.3, -0.25) is 10.1 Å². The van der Waals surface area contributed by atoms with Crippen LogP contribution < -0.4 is 5.32 Å². The molecule has 1 saturated carbocycles. The van der Waals surface area contributed by atoms with E-state index in [0.29, 0.717) is 36.6 Å². The number of ether oxygens (including phenoxy) is 1. The van der Waals surface area contributed by atoms with E-state index >= 15 is 0 Å². The number of oxime groups is 1. The number of amides is 1. The molecule has 0 radical (unpaired) electrons. The number of thiazole rings is 1. The third-order valence-electron chi connectivity index (χ3n) is 4.03. The Morgan fingerprint density at radius 1 is 1.29 bits per heavy atom. The largest absolute Gasteiger partial charge is 0.395 e. The highest BCUT2D eigenvalue weighted by molar-refractivity contribution is 7.92. The van der Waals surface area contributed by atoms with Crippen molar-refractivity contribution in [2.45, 2.75) is 29.4 Å². The number of benzene rings is 1. The van der Waals surface area contributed by atoms with Crippen molar-refractivity contribution < 1.29 is 22.8 Å². The first-order valence-corrected chi connectivity index (χ1v) is 11.2. The normalized spacial score (nSPS) is 14.7. The Balaban J connectivity index is 1.78. The second kappa shape index (κ2) is 9.26. The fourth-order valence-electron chi connectivity index (χ4n) is 2.42. The van der Waals surface area contributed by atoms with E-state index in [-0.39, 0.29) is 22.5 Å². The van der Waals surface area contributed by atoms with E-state index in [0.717, 1.165) is 0 Å². The molecule has 1 aromatic carbocycles. The molecule has 10 heteroatoms. The monoisotopic (exact) mass is 423 g/mol. The number of nitrogens with one attached hydrogen (secondary N) is 1. The molecule has 0 spiro atoms. The van der Waals surface area contributed by atoms with Crippen LogP contribution in [0.3, 0.4) is 0 Å². The smallest absolute Gasteiger partial charge is 0.280 e. The predicted molar refractivity (Wildman–Crippen MR) is 106 cm³/mol. The van der Waals surface area contributed by atoms with E-state index in [1.54, 1.807) is 30.8 Å². The maximum Gasteiger partial charge on any atom is 0.280 e. The number of hydrogen-bond donors (Lipinski definition) is 1. The van der Waals surface area contributed by atoms with Gasteiger partial charge < -0.3 is 9.57 Å². The summed E-state index contributed by atoms with van der Waals surface area (Å²) in [5.74, 6) is -0.487. The van der Waals surface area contributed by atoms with E-state index < -0.39 is 15.7 Å². The van der Waals surface area contributed by atoms with Gasteiger partial charge in [-0.25, -0.2) is 13.4 Å². The molecule has 1 aliphatic rings. The van der Waals surface area contributed by atoms with Crippen molar-refractivity contribution in [1.29, 1.82) is 0 Å². The van der Waals surface area contributed by atoms with Crippen molar-refractivity contribution in [1.82, 2.24) is 4.98 Å². The molecule has 0 bridgehead atoms. The summed E-state index contributed by atoms with van der Waals surface area (Å²) < 4.78 is 29.6. The van der Waals surface area contributed by atoms with Gasteiger partial charge in [0.25, 0.3) is 5.91 Å². The molecule has 1 fully saturated rings. The highest BCUT2D eigenvalue weighted by Crippen LogP contribution is 2.33. The lowest BCUT2D eigenvalue weighted by atomic mass is 10.1. The molecule has 2 aromatic rings. The molecule has 3 rings (SSSR count). The first-order chi connectivity index (χ1) is 13.5. The lowest BCUT2D eigenvalue weighted by Gasteiger charge is -2.08. The summed E-state index contributed by atoms with van der Waals surface area (Å²) in [5, 5.41) is 8.51. The standard InChI is InChI=1S/C18H21N3O5S2/c1-25-10-2-11-26-21-16(17(22)20-18-19-9-12-27-18)13-3-5-14(6-4-13)28(23,24)15-7-8-15/h3-6,9,12,15H,2,7-8,10-11H2,1H3,(H,19,20,22). The van der Waals surface area contributed by atoms with Crippen LogP contribution >= 0.6 is 11.3 Å². The molecule has 1 heterocycles. The number of rotatable bonds is 10. The molecular formula is C18H21N3O5S2. The molecule has 1 aromatic heterocycles. The van der Waals surface area contributed by atoms with Crippen LogP contribution in [0.2, 0.25) is 0 Å². The van der Waals surface area contributed by atoms with Crippen LogP contribution in [0.4, 0.5) is 5.13 Å². The van der Waals surface area contributed by atoms with Gasteiger partial charge in [0.2, 0.25) is 0 Å². The second-order valence-corrected chi connectivity index (χ2v) is 9.30. The summed E-state index contributed by atoms with van der Waals surface area (Å²) in [6, 6.07) is 6.13. The Bertz CT molecular complexity index is 921. The molecule has 1 aliphatic carbocycles. The summed E-state index contributed by atoms with van der Waals surface area (Å²) in [4.78, 5) is 22.2. The zero-order chi connectivity index (χ0) is 20.0. The van der Waals surface area contributed by atoms with E-state index in [9.17, 15) is 13.2 Å². The van der Waals surface area contributed by atoms with Crippen LogP contribution in [0.25, 0.3) is 0 Å². The number of sulfone groups is 1. The predicted octanol–water partition coefficient (Wildman–Crippen LogP) is 2.48. The minimum atomic E-state index is -3.29. The summed E-state index contributed by atoms with van der Waals surface area (Å²) in [7, 11) is -1.70. The van der Waals surface area contributed by atoms with Gasteiger partial charge in [-0.15, -0.1) is 11.3 Å². The van der Waals surface area contributed by atoms with Gasteiger partial charge in [-0.2, -0.15) is 0 Å². The van der Waals surface area contributed by atoms with E-state index in [1.807, 2.05) is 0 Å². The summed E-state index contributed by atoms with van der Waals surface area (Å²) in [6.07, 6.45) is 3.60. The second-order valence-electron chi connectivity index (χ2n) is 6.18. The van der Waals surface area contributed by atoms with Gasteiger partial charge in [-0.1, -0.05) is 17.3 Å². The lowest BCUT2D eigenvalue weighted by Crippen LogP contribution is -2.24. The van der Waals surface area contributed by atoms with E-state index in [1.165, 1.54) is 23.5 Å². The minimum absolute atomic E-state index is 0.0444.